The topological polar surface area (TPSA) is 17.1 Å². The summed E-state index contributed by atoms with van der Waals surface area (Å²) >= 11 is 0. The van der Waals surface area contributed by atoms with Gasteiger partial charge < -0.3 is 0 Å². The van der Waals surface area contributed by atoms with Crippen molar-refractivity contribution in [1.82, 2.24) is 0 Å². The molecule has 1 heteroatoms. The molecule has 0 aromatic rings. The second kappa shape index (κ2) is 4.89. The molecular weight excluding hydrogens is 136 g/mol. The maximum Gasteiger partial charge on any atom is 0.145 e. The minimum Gasteiger partial charge on any atom is -0.298 e. The van der Waals surface area contributed by atoms with Crippen molar-refractivity contribution in [3.05, 3.63) is 23.3 Å². The van der Waals surface area contributed by atoms with Gasteiger partial charge in [-0.2, -0.15) is 0 Å². The highest BCUT2D eigenvalue weighted by atomic mass is 16.1. The van der Waals surface area contributed by atoms with E-state index in [1.54, 1.807) is 6.92 Å². The Hall–Kier alpha value is -0.850. The van der Waals surface area contributed by atoms with E-state index in [-0.39, 0.29) is 0 Å². The van der Waals surface area contributed by atoms with Crippen LogP contribution in [0.4, 0.5) is 0 Å². The molecule has 0 radical (unpaired) electrons. The van der Waals surface area contributed by atoms with Crippen LogP contribution in [0.2, 0.25) is 0 Å². The molecule has 0 aromatic heterocycles. The fourth-order valence-electron chi connectivity index (χ4n) is 0.495. The van der Waals surface area contributed by atoms with Gasteiger partial charge in [0, 0.05) is 0 Å². The molecule has 0 N–H and O–H groups in total. The zero-order chi connectivity index (χ0) is 8.85. The molecule has 0 atom stereocenters. The third-order valence-electron chi connectivity index (χ3n) is 1.71. The van der Waals surface area contributed by atoms with E-state index in [1.807, 2.05) is 12.2 Å². The number of hydrogen-bond donors (Lipinski definition) is 0. The van der Waals surface area contributed by atoms with E-state index in [2.05, 4.69) is 20.8 Å². The van der Waals surface area contributed by atoms with E-state index in [1.165, 1.54) is 5.57 Å². The van der Waals surface area contributed by atoms with Crippen molar-refractivity contribution in [3.63, 3.8) is 0 Å². The van der Waals surface area contributed by atoms with E-state index in [0.717, 1.165) is 11.9 Å². The number of allylic oxidation sites excluding steroid dienone is 4. The summed E-state index contributed by atoms with van der Waals surface area (Å²) in [6, 6.07) is 0. The minimum atomic E-state index is 0.561. The van der Waals surface area contributed by atoms with Gasteiger partial charge in [-0.05, 0) is 25.3 Å². The Balaban J connectivity index is 4.22. The van der Waals surface area contributed by atoms with Gasteiger partial charge in [-0.3, -0.25) is 4.79 Å². The first kappa shape index (κ1) is 10.2. The maximum atomic E-state index is 10.2. The average Bonchev–Trinajstić information content (AvgIpc) is 1.99. The Kier molecular flexibility index (Phi) is 4.51. The highest BCUT2D eigenvalue weighted by Gasteiger charge is 1.92. The lowest BCUT2D eigenvalue weighted by atomic mass is 10.0. The van der Waals surface area contributed by atoms with Crippen molar-refractivity contribution in [3.8, 4) is 0 Å². The van der Waals surface area contributed by atoms with Crippen LogP contribution in [-0.4, -0.2) is 6.29 Å². The predicted molar refractivity (Wildman–Crippen MR) is 48.4 cm³/mol. The highest BCUT2D eigenvalue weighted by Crippen LogP contribution is 2.07. The van der Waals surface area contributed by atoms with E-state index in [4.69, 9.17) is 0 Å². The lowest BCUT2D eigenvalue weighted by Gasteiger charge is -2.01. The normalized spacial score (nSPS) is 13.9. The zero-order valence-electron chi connectivity index (χ0n) is 7.72. The van der Waals surface area contributed by atoms with E-state index >= 15 is 0 Å². The Bertz CT molecular complexity index is 185. The molecule has 0 saturated carbocycles. The molecule has 0 fully saturated rings. The van der Waals surface area contributed by atoms with Crippen molar-refractivity contribution < 1.29 is 4.79 Å². The number of hydrogen-bond acceptors (Lipinski definition) is 1. The monoisotopic (exact) mass is 152 g/mol. The average molecular weight is 152 g/mol. The van der Waals surface area contributed by atoms with Gasteiger partial charge in [0.05, 0.1) is 0 Å². The molecule has 0 aromatic carbocycles. The van der Waals surface area contributed by atoms with Gasteiger partial charge in [-0.15, -0.1) is 0 Å². The lowest BCUT2D eigenvalue weighted by Crippen LogP contribution is -1.87. The van der Waals surface area contributed by atoms with E-state index in [0.29, 0.717) is 5.92 Å². The van der Waals surface area contributed by atoms with E-state index < -0.39 is 0 Å². The number of rotatable bonds is 3. The second-order valence-electron chi connectivity index (χ2n) is 3.09. The molecule has 62 valence electrons. The first-order chi connectivity index (χ1) is 5.07. The van der Waals surface area contributed by atoms with Gasteiger partial charge >= 0.3 is 0 Å². The molecule has 0 aliphatic rings. The molecule has 0 unspecified atom stereocenters. The third-order valence-corrected chi connectivity index (χ3v) is 1.71. The maximum absolute atomic E-state index is 10.2. The summed E-state index contributed by atoms with van der Waals surface area (Å²) in [6.07, 6.45) is 4.71. The van der Waals surface area contributed by atoms with Gasteiger partial charge in [-0.25, -0.2) is 0 Å². The quantitative estimate of drug-likeness (QED) is 0.345. The number of carbonyl (C=O) groups excluding carboxylic acids is 1. The summed E-state index contributed by atoms with van der Waals surface area (Å²) in [5.74, 6) is 0.561. The SMILES string of the molecule is CC(C=O)=CC=C(C)C(C)C. The smallest absolute Gasteiger partial charge is 0.145 e. The van der Waals surface area contributed by atoms with Gasteiger partial charge in [0.2, 0.25) is 0 Å². The second-order valence-corrected chi connectivity index (χ2v) is 3.09. The van der Waals surface area contributed by atoms with Crippen LogP contribution in [0.5, 0.6) is 0 Å². The summed E-state index contributed by atoms with van der Waals surface area (Å²) in [5.41, 5.74) is 2.07. The molecule has 0 aliphatic carbocycles. The number of carbonyl (C=O) groups is 1. The standard InChI is InChI=1S/C10H16O/c1-8(2)10(4)6-5-9(3)7-11/h5-8H,1-4H3. The van der Waals surface area contributed by atoms with Crippen LogP contribution in [0.3, 0.4) is 0 Å². The summed E-state index contributed by atoms with van der Waals surface area (Å²) in [6.45, 7) is 8.14. The number of aldehydes is 1. The van der Waals surface area contributed by atoms with Crippen LogP contribution >= 0.6 is 0 Å². The molecule has 0 heterocycles. The minimum absolute atomic E-state index is 0.561. The molecule has 0 amide bonds. The first-order valence-electron chi connectivity index (χ1n) is 3.88. The van der Waals surface area contributed by atoms with Crippen molar-refractivity contribution in [1.29, 1.82) is 0 Å². The largest absolute Gasteiger partial charge is 0.298 e. The Morgan fingerprint density at radius 1 is 1.18 bits per heavy atom. The fourth-order valence-corrected chi connectivity index (χ4v) is 0.495. The fraction of sp³-hybridized carbons (Fsp3) is 0.500. The van der Waals surface area contributed by atoms with Crippen molar-refractivity contribution in [2.75, 3.05) is 0 Å². The summed E-state index contributed by atoms with van der Waals surface area (Å²) in [4.78, 5) is 10.2. The Labute approximate surface area is 68.8 Å². The summed E-state index contributed by atoms with van der Waals surface area (Å²) in [5, 5.41) is 0. The Morgan fingerprint density at radius 3 is 2.09 bits per heavy atom. The van der Waals surface area contributed by atoms with E-state index in [9.17, 15) is 4.79 Å². The molecule has 0 bridgehead atoms. The molecule has 0 saturated heterocycles. The van der Waals surface area contributed by atoms with Crippen molar-refractivity contribution in [2.24, 2.45) is 5.92 Å². The molecule has 0 spiro atoms. The molecule has 11 heavy (non-hydrogen) atoms. The molecule has 1 nitrogen and oxygen atoms in total. The third kappa shape index (κ3) is 4.54. The lowest BCUT2D eigenvalue weighted by molar-refractivity contribution is -0.104. The molecule has 0 rings (SSSR count). The Morgan fingerprint density at radius 2 is 1.73 bits per heavy atom. The van der Waals surface area contributed by atoms with Crippen molar-refractivity contribution in [2.45, 2.75) is 27.7 Å². The van der Waals surface area contributed by atoms with Crippen LogP contribution in [0.15, 0.2) is 23.3 Å². The summed E-state index contributed by atoms with van der Waals surface area (Å²) < 4.78 is 0. The molecular formula is C10H16O. The van der Waals surface area contributed by atoms with Crippen molar-refractivity contribution >= 4 is 6.29 Å². The van der Waals surface area contributed by atoms with Crippen LogP contribution in [0.1, 0.15) is 27.7 Å². The summed E-state index contributed by atoms with van der Waals surface area (Å²) in [7, 11) is 0. The van der Waals surface area contributed by atoms with Crippen LogP contribution in [0.25, 0.3) is 0 Å². The van der Waals surface area contributed by atoms with Gasteiger partial charge in [0.1, 0.15) is 6.29 Å². The van der Waals surface area contributed by atoms with Crippen LogP contribution < -0.4 is 0 Å². The predicted octanol–water partition coefficient (Wildman–Crippen LogP) is 2.73. The van der Waals surface area contributed by atoms with Crippen LogP contribution in [0, 0.1) is 5.92 Å². The van der Waals surface area contributed by atoms with Gasteiger partial charge in [0.15, 0.2) is 0 Å². The van der Waals surface area contributed by atoms with Gasteiger partial charge in [-0.1, -0.05) is 31.6 Å². The van der Waals surface area contributed by atoms with Gasteiger partial charge in [0.25, 0.3) is 0 Å². The first-order valence-corrected chi connectivity index (χ1v) is 3.88. The molecule has 0 aliphatic heterocycles. The highest BCUT2D eigenvalue weighted by molar-refractivity contribution is 5.72. The zero-order valence-corrected chi connectivity index (χ0v) is 7.72. The van der Waals surface area contributed by atoms with Crippen LogP contribution in [-0.2, 0) is 4.79 Å².